The van der Waals surface area contributed by atoms with Gasteiger partial charge in [-0.15, -0.1) is 0 Å². The third kappa shape index (κ3) is 2.14. The van der Waals surface area contributed by atoms with E-state index in [9.17, 15) is 13.2 Å². The van der Waals surface area contributed by atoms with E-state index >= 15 is 0 Å². The molecule has 0 atom stereocenters. The highest BCUT2D eigenvalue weighted by atomic mass is 32.2. The Morgan fingerprint density at radius 2 is 1.94 bits per heavy atom. The maximum absolute atomic E-state index is 12.2. The Labute approximate surface area is 107 Å². The maximum atomic E-state index is 12.2. The number of Topliss-reactive ketones (excluding diaryl/α,β-unsaturated/α-hetero) is 1. The lowest BCUT2D eigenvalue weighted by molar-refractivity contribution is -0.121. The van der Waals surface area contributed by atoms with E-state index in [1.54, 1.807) is 32.9 Å². The predicted molar refractivity (Wildman–Crippen MR) is 67.7 cm³/mol. The Hall–Kier alpha value is -1.36. The van der Waals surface area contributed by atoms with Gasteiger partial charge in [0.1, 0.15) is 12.4 Å². The number of benzene rings is 1. The Morgan fingerprint density at radius 3 is 2.56 bits per heavy atom. The number of fused-ring (bicyclic) bond motifs is 1. The summed E-state index contributed by atoms with van der Waals surface area (Å²) in [4.78, 5) is 11.6. The fourth-order valence-corrected chi connectivity index (χ4v) is 3.27. The third-order valence-corrected chi connectivity index (χ3v) is 5.36. The maximum Gasteiger partial charge on any atom is 0.181 e. The zero-order valence-electron chi connectivity index (χ0n) is 10.7. The summed E-state index contributed by atoms with van der Waals surface area (Å²) >= 11 is 0. The van der Waals surface area contributed by atoms with E-state index < -0.39 is 15.1 Å². The smallest absolute Gasteiger partial charge is 0.181 e. The molecule has 98 valence electrons. The van der Waals surface area contributed by atoms with E-state index in [4.69, 9.17) is 4.74 Å². The number of hydrogen-bond acceptors (Lipinski definition) is 4. The van der Waals surface area contributed by atoms with Gasteiger partial charge in [-0.2, -0.15) is 0 Å². The van der Waals surface area contributed by atoms with Gasteiger partial charge in [0.15, 0.2) is 15.6 Å². The molecule has 0 saturated heterocycles. The van der Waals surface area contributed by atoms with Crippen molar-refractivity contribution in [1.29, 1.82) is 0 Å². The highest BCUT2D eigenvalue weighted by Gasteiger charge is 2.25. The zero-order valence-corrected chi connectivity index (χ0v) is 11.5. The average molecular weight is 268 g/mol. The minimum absolute atomic E-state index is 0.0152. The van der Waals surface area contributed by atoms with Crippen LogP contribution in [0.25, 0.3) is 0 Å². The standard InChI is InChI=1S/C13H16O4S/c1-8(2)18(15,16)13-6-12-10(4-9(13)3)5-11(14)7-17-12/h4,6,8H,5,7H2,1-3H3. The first-order valence-corrected chi connectivity index (χ1v) is 7.39. The number of sulfone groups is 1. The molecule has 0 unspecified atom stereocenters. The highest BCUT2D eigenvalue weighted by molar-refractivity contribution is 7.92. The van der Waals surface area contributed by atoms with E-state index in [0.29, 0.717) is 22.6 Å². The topological polar surface area (TPSA) is 60.4 Å². The molecule has 1 aliphatic rings. The van der Waals surface area contributed by atoms with Crippen molar-refractivity contribution >= 4 is 15.6 Å². The molecule has 0 saturated carbocycles. The quantitative estimate of drug-likeness (QED) is 0.818. The molecule has 0 bridgehead atoms. The molecule has 4 nitrogen and oxygen atoms in total. The number of rotatable bonds is 2. The van der Waals surface area contributed by atoms with Crippen LogP contribution in [-0.4, -0.2) is 26.1 Å². The van der Waals surface area contributed by atoms with E-state index in [-0.39, 0.29) is 12.4 Å². The molecule has 0 amide bonds. The Morgan fingerprint density at radius 1 is 1.28 bits per heavy atom. The minimum atomic E-state index is -3.32. The normalized spacial score (nSPS) is 15.4. The first-order chi connectivity index (χ1) is 8.32. The summed E-state index contributed by atoms with van der Waals surface area (Å²) in [6, 6.07) is 3.29. The monoisotopic (exact) mass is 268 g/mol. The number of aryl methyl sites for hydroxylation is 1. The highest BCUT2D eigenvalue weighted by Crippen LogP contribution is 2.31. The van der Waals surface area contributed by atoms with Gasteiger partial charge in [-0.1, -0.05) is 6.07 Å². The second-order valence-electron chi connectivity index (χ2n) is 4.82. The molecule has 2 rings (SSSR count). The van der Waals surface area contributed by atoms with Gasteiger partial charge in [-0.05, 0) is 32.4 Å². The fourth-order valence-electron chi connectivity index (χ4n) is 1.98. The molecule has 1 aromatic carbocycles. The van der Waals surface area contributed by atoms with Crippen LogP contribution in [0.4, 0.5) is 0 Å². The number of ether oxygens (including phenoxy) is 1. The van der Waals surface area contributed by atoms with Gasteiger partial charge >= 0.3 is 0 Å². The van der Waals surface area contributed by atoms with Gasteiger partial charge in [0.2, 0.25) is 0 Å². The van der Waals surface area contributed by atoms with Crippen molar-refractivity contribution < 1.29 is 17.9 Å². The van der Waals surface area contributed by atoms with Crippen molar-refractivity contribution in [2.24, 2.45) is 0 Å². The van der Waals surface area contributed by atoms with Crippen molar-refractivity contribution in [3.05, 3.63) is 23.3 Å². The molecule has 0 spiro atoms. The minimum Gasteiger partial charge on any atom is -0.485 e. The molecule has 0 N–H and O–H groups in total. The summed E-state index contributed by atoms with van der Waals surface area (Å²) in [5.74, 6) is 0.529. The van der Waals surface area contributed by atoms with E-state index in [2.05, 4.69) is 0 Å². The van der Waals surface area contributed by atoms with Crippen molar-refractivity contribution in [3.63, 3.8) is 0 Å². The lowest BCUT2D eigenvalue weighted by Crippen LogP contribution is -2.22. The Balaban J connectivity index is 2.56. The van der Waals surface area contributed by atoms with Gasteiger partial charge in [0.05, 0.1) is 10.1 Å². The summed E-state index contributed by atoms with van der Waals surface area (Å²) in [5, 5.41) is -0.473. The largest absolute Gasteiger partial charge is 0.485 e. The molecule has 1 aromatic rings. The number of carbonyl (C=O) groups is 1. The Kier molecular flexibility index (Phi) is 3.19. The lowest BCUT2D eigenvalue weighted by Gasteiger charge is -2.19. The van der Waals surface area contributed by atoms with Crippen molar-refractivity contribution in [1.82, 2.24) is 0 Å². The number of carbonyl (C=O) groups excluding carboxylic acids is 1. The van der Waals surface area contributed by atoms with Crippen LogP contribution in [0.1, 0.15) is 25.0 Å². The molecular weight excluding hydrogens is 252 g/mol. The van der Waals surface area contributed by atoms with E-state index in [1.807, 2.05) is 0 Å². The second kappa shape index (κ2) is 4.39. The molecule has 0 radical (unpaired) electrons. The van der Waals surface area contributed by atoms with Crippen LogP contribution in [0, 0.1) is 6.92 Å². The molecule has 1 heterocycles. The molecule has 0 fully saturated rings. The van der Waals surface area contributed by atoms with E-state index in [0.717, 1.165) is 5.56 Å². The van der Waals surface area contributed by atoms with Crippen molar-refractivity contribution in [2.75, 3.05) is 6.61 Å². The van der Waals surface area contributed by atoms with Crippen LogP contribution < -0.4 is 4.74 Å². The summed E-state index contributed by atoms with van der Waals surface area (Å²) in [6.07, 6.45) is 0.318. The van der Waals surface area contributed by atoms with Gasteiger partial charge in [0, 0.05) is 12.0 Å². The van der Waals surface area contributed by atoms with Crippen molar-refractivity contribution in [2.45, 2.75) is 37.3 Å². The SMILES string of the molecule is Cc1cc2c(cc1S(=O)(=O)C(C)C)OCC(=O)C2. The summed E-state index contributed by atoms with van der Waals surface area (Å²) in [7, 11) is -3.32. The van der Waals surface area contributed by atoms with Gasteiger partial charge in [-0.25, -0.2) is 8.42 Å². The summed E-state index contributed by atoms with van der Waals surface area (Å²) < 4.78 is 29.7. The molecule has 18 heavy (non-hydrogen) atoms. The fraction of sp³-hybridized carbons (Fsp3) is 0.462. The average Bonchev–Trinajstić information content (AvgIpc) is 2.27. The van der Waals surface area contributed by atoms with Gasteiger partial charge in [0.25, 0.3) is 0 Å². The Bertz CT molecular complexity index is 600. The number of hydrogen-bond donors (Lipinski definition) is 0. The summed E-state index contributed by atoms with van der Waals surface area (Å²) in [5.41, 5.74) is 1.44. The van der Waals surface area contributed by atoms with Crippen LogP contribution >= 0.6 is 0 Å². The van der Waals surface area contributed by atoms with Crippen LogP contribution in [-0.2, 0) is 21.1 Å². The van der Waals surface area contributed by atoms with Gasteiger partial charge in [-0.3, -0.25) is 4.79 Å². The molecule has 1 aliphatic heterocycles. The first-order valence-electron chi connectivity index (χ1n) is 5.84. The van der Waals surface area contributed by atoms with Crippen molar-refractivity contribution in [3.8, 4) is 5.75 Å². The first kappa shape index (κ1) is 13.1. The number of ketones is 1. The molecule has 5 heteroatoms. The summed E-state index contributed by atoms with van der Waals surface area (Å²) in [6.45, 7) is 5.07. The molecular formula is C13H16O4S. The molecule has 0 aromatic heterocycles. The third-order valence-electron chi connectivity index (χ3n) is 3.06. The van der Waals surface area contributed by atoms with E-state index in [1.165, 1.54) is 0 Å². The van der Waals surface area contributed by atoms with Crippen LogP contribution in [0.5, 0.6) is 5.75 Å². The zero-order chi connectivity index (χ0) is 13.5. The lowest BCUT2D eigenvalue weighted by atomic mass is 10.0. The van der Waals surface area contributed by atoms with Gasteiger partial charge < -0.3 is 4.74 Å². The van der Waals surface area contributed by atoms with Crippen LogP contribution in [0.2, 0.25) is 0 Å². The predicted octanol–water partition coefficient (Wildman–Crippen LogP) is 1.68. The van der Waals surface area contributed by atoms with Crippen LogP contribution in [0.15, 0.2) is 17.0 Å². The molecule has 0 aliphatic carbocycles. The second-order valence-corrected chi connectivity index (χ2v) is 7.30. The van der Waals surface area contributed by atoms with Crippen LogP contribution in [0.3, 0.4) is 0 Å².